The third kappa shape index (κ3) is 2.00. The summed E-state index contributed by atoms with van der Waals surface area (Å²) >= 11 is 0. The Kier molecular flexibility index (Phi) is 2.96. The Balaban J connectivity index is 1.62. The average Bonchev–Trinajstić information content (AvgIpc) is 3.14. The van der Waals surface area contributed by atoms with Gasteiger partial charge in [0, 0.05) is 37.2 Å². The molecule has 0 radical (unpaired) electrons. The third-order valence-corrected chi connectivity index (χ3v) is 4.54. The van der Waals surface area contributed by atoms with Gasteiger partial charge >= 0.3 is 0 Å². The molecule has 1 aromatic carbocycles. The van der Waals surface area contributed by atoms with Crippen LogP contribution in [0, 0.1) is 5.92 Å². The van der Waals surface area contributed by atoms with Crippen molar-refractivity contribution in [2.75, 3.05) is 24.5 Å². The number of aromatic nitrogens is 2. The number of hydrogen-bond donors (Lipinski definition) is 1. The monoisotopic (exact) mass is 268 g/mol. The second-order valence-corrected chi connectivity index (χ2v) is 5.80. The Morgan fingerprint density at radius 1 is 1.15 bits per heavy atom. The molecule has 104 valence electrons. The van der Waals surface area contributed by atoms with Crippen LogP contribution in [0.5, 0.6) is 0 Å². The van der Waals surface area contributed by atoms with Gasteiger partial charge in [-0.2, -0.15) is 0 Å². The Labute approximate surface area is 119 Å². The van der Waals surface area contributed by atoms with Crippen molar-refractivity contribution in [3.63, 3.8) is 0 Å². The molecule has 2 aromatic rings. The number of piperidine rings is 1. The summed E-state index contributed by atoms with van der Waals surface area (Å²) in [6.45, 7) is 3.37. The maximum Gasteiger partial charge on any atom is 0.210 e. The zero-order valence-electron chi connectivity index (χ0n) is 11.6. The maximum atomic E-state index is 4.59. The lowest BCUT2D eigenvalue weighted by molar-refractivity contribution is 0.340. The molecule has 2 saturated heterocycles. The van der Waals surface area contributed by atoms with Crippen LogP contribution in [0.1, 0.15) is 12.8 Å². The number of nitrogens with zero attached hydrogens (tertiary/aromatic N) is 3. The summed E-state index contributed by atoms with van der Waals surface area (Å²) in [4.78, 5) is 7.02. The van der Waals surface area contributed by atoms with E-state index >= 15 is 0 Å². The Bertz CT molecular complexity index is 563. The highest BCUT2D eigenvalue weighted by Gasteiger charge is 2.35. The van der Waals surface area contributed by atoms with E-state index in [1.165, 1.54) is 25.1 Å². The first-order chi connectivity index (χ1) is 9.92. The number of anilines is 1. The van der Waals surface area contributed by atoms with Crippen molar-refractivity contribution in [1.29, 1.82) is 0 Å². The van der Waals surface area contributed by atoms with Crippen LogP contribution in [0.4, 0.5) is 5.95 Å². The van der Waals surface area contributed by atoms with Gasteiger partial charge in [-0.15, -0.1) is 0 Å². The highest BCUT2D eigenvalue weighted by Crippen LogP contribution is 2.29. The summed E-state index contributed by atoms with van der Waals surface area (Å²) in [5.41, 5.74) is 1.18. The van der Waals surface area contributed by atoms with Crippen LogP contribution in [0.25, 0.3) is 5.69 Å². The summed E-state index contributed by atoms with van der Waals surface area (Å²) in [7, 11) is 0. The molecule has 0 spiro atoms. The number of fused-ring (bicyclic) bond motifs is 1. The average molecular weight is 268 g/mol. The molecule has 2 aliphatic rings. The summed E-state index contributed by atoms with van der Waals surface area (Å²) in [5.74, 6) is 1.86. The van der Waals surface area contributed by atoms with Gasteiger partial charge in [0.15, 0.2) is 0 Å². The Hall–Kier alpha value is -1.81. The number of rotatable bonds is 2. The van der Waals surface area contributed by atoms with Crippen LogP contribution in [-0.2, 0) is 0 Å². The first kappa shape index (κ1) is 12.0. The molecule has 4 nitrogen and oxygen atoms in total. The van der Waals surface area contributed by atoms with E-state index < -0.39 is 0 Å². The molecule has 1 aromatic heterocycles. The van der Waals surface area contributed by atoms with Crippen LogP contribution < -0.4 is 10.2 Å². The molecule has 20 heavy (non-hydrogen) atoms. The highest BCUT2D eigenvalue weighted by molar-refractivity contribution is 5.44. The van der Waals surface area contributed by atoms with Gasteiger partial charge in [0.2, 0.25) is 5.95 Å². The number of nitrogens with one attached hydrogen (secondary N) is 1. The molecule has 2 fully saturated rings. The van der Waals surface area contributed by atoms with Gasteiger partial charge in [0.05, 0.1) is 0 Å². The van der Waals surface area contributed by atoms with E-state index in [0.717, 1.165) is 25.0 Å². The molecular formula is C16H20N4. The minimum atomic E-state index is 0.643. The second-order valence-electron chi connectivity index (χ2n) is 5.80. The van der Waals surface area contributed by atoms with E-state index in [9.17, 15) is 0 Å². The molecule has 4 heteroatoms. The van der Waals surface area contributed by atoms with Gasteiger partial charge in [-0.25, -0.2) is 4.98 Å². The van der Waals surface area contributed by atoms with Gasteiger partial charge in [-0.3, -0.25) is 4.57 Å². The van der Waals surface area contributed by atoms with Crippen LogP contribution in [0.3, 0.4) is 0 Å². The molecule has 0 amide bonds. The predicted molar refractivity (Wildman–Crippen MR) is 80.3 cm³/mol. The van der Waals surface area contributed by atoms with Crippen LogP contribution in [-0.4, -0.2) is 35.2 Å². The van der Waals surface area contributed by atoms with Crippen molar-refractivity contribution in [2.24, 2.45) is 5.92 Å². The maximum absolute atomic E-state index is 4.59. The quantitative estimate of drug-likeness (QED) is 0.905. The zero-order chi connectivity index (χ0) is 13.4. The molecule has 3 heterocycles. The number of para-hydroxylation sites is 1. The van der Waals surface area contributed by atoms with Crippen molar-refractivity contribution in [1.82, 2.24) is 14.9 Å². The van der Waals surface area contributed by atoms with E-state index in [4.69, 9.17) is 0 Å². The fourth-order valence-corrected chi connectivity index (χ4v) is 3.53. The number of hydrogen-bond acceptors (Lipinski definition) is 3. The Morgan fingerprint density at radius 3 is 2.90 bits per heavy atom. The second kappa shape index (κ2) is 4.94. The smallest absolute Gasteiger partial charge is 0.210 e. The fraction of sp³-hybridized carbons (Fsp3) is 0.438. The normalized spacial score (nSPS) is 25.7. The number of imidazole rings is 1. The SMILES string of the molecule is c1ccc(-n2ccnc2N2CC3CCCNC3C2)cc1. The molecule has 2 atom stereocenters. The van der Waals surface area contributed by atoms with Gasteiger partial charge in [-0.1, -0.05) is 18.2 Å². The summed E-state index contributed by atoms with van der Waals surface area (Å²) in [6, 6.07) is 11.1. The molecular weight excluding hydrogens is 248 g/mol. The van der Waals surface area contributed by atoms with Crippen molar-refractivity contribution < 1.29 is 0 Å². The van der Waals surface area contributed by atoms with E-state index in [1.807, 2.05) is 6.20 Å². The molecule has 0 saturated carbocycles. The molecule has 4 rings (SSSR count). The van der Waals surface area contributed by atoms with E-state index in [2.05, 4.69) is 56.3 Å². The third-order valence-electron chi connectivity index (χ3n) is 4.54. The zero-order valence-corrected chi connectivity index (χ0v) is 11.6. The van der Waals surface area contributed by atoms with Crippen molar-refractivity contribution in [3.8, 4) is 5.69 Å². The molecule has 0 aliphatic carbocycles. The fourth-order valence-electron chi connectivity index (χ4n) is 3.53. The largest absolute Gasteiger partial charge is 0.340 e. The minimum absolute atomic E-state index is 0.643. The van der Waals surface area contributed by atoms with Gasteiger partial charge < -0.3 is 10.2 Å². The van der Waals surface area contributed by atoms with Crippen molar-refractivity contribution in [2.45, 2.75) is 18.9 Å². The predicted octanol–water partition coefficient (Wildman–Crippen LogP) is 2.06. The first-order valence-electron chi connectivity index (χ1n) is 7.49. The molecule has 2 unspecified atom stereocenters. The van der Waals surface area contributed by atoms with Gasteiger partial charge in [0.1, 0.15) is 0 Å². The minimum Gasteiger partial charge on any atom is -0.340 e. The lowest BCUT2D eigenvalue weighted by atomic mass is 9.94. The van der Waals surface area contributed by atoms with Crippen LogP contribution >= 0.6 is 0 Å². The molecule has 0 bridgehead atoms. The standard InChI is InChI=1S/C16H20N4/c1-2-6-14(7-3-1)20-10-9-18-16(20)19-11-13-5-4-8-17-15(13)12-19/h1-3,6-7,9-10,13,15,17H,4-5,8,11-12H2. The van der Waals surface area contributed by atoms with E-state index in [1.54, 1.807) is 0 Å². The summed E-state index contributed by atoms with van der Waals surface area (Å²) < 4.78 is 2.19. The number of benzene rings is 1. The van der Waals surface area contributed by atoms with Gasteiger partial charge in [-0.05, 0) is 37.4 Å². The molecule has 2 aliphatic heterocycles. The summed E-state index contributed by atoms with van der Waals surface area (Å²) in [6.07, 6.45) is 6.61. The first-order valence-corrected chi connectivity index (χ1v) is 7.49. The van der Waals surface area contributed by atoms with Crippen LogP contribution in [0.2, 0.25) is 0 Å². The van der Waals surface area contributed by atoms with Gasteiger partial charge in [0.25, 0.3) is 0 Å². The Morgan fingerprint density at radius 2 is 2.05 bits per heavy atom. The highest BCUT2D eigenvalue weighted by atomic mass is 15.3. The summed E-state index contributed by atoms with van der Waals surface area (Å²) in [5, 5.41) is 3.65. The topological polar surface area (TPSA) is 33.1 Å². The lowest BCUT2D eigenvalue weighted by Gasteiger charge is -2.24. The van der Waals surface area contributed by atoms with Crippen molar-refractivity contribution in [3.05, 3.63) is 42.7 Å². The molecule has 1 N–H and O–H groups in total. The lowest BCUT2D eigenvalue weighted by Crippen LogP contribution is -2.40. The van der Waals surface area contributed by atoms with Crippen molar-refractivity contribution >= 4 is 5.95 Å². The van der Waals surface area contributed by atoms with Crippen LogP contribution in [0.15, 0.2) is 42.7 Å². The van der Waals surface area contributed by atoms with E-state index in [-0.39, 0.29) is 0 Å². The van der Waals surface area contributed by atoms with E-state index in [0.29, 0.717) is 6.04 Å².